The maximum absolute atomic E-state index is 2.52. The second-order valence-electron chi connectivity index (χ2n) is 16.8. The molecule has 13 rings (SSSR count). The van der Waals surface area contributed by atoms with Crippen molar-refractivity contribution in [1.29, 1.82) is 0 Å². The number of anilines is 3. The zero-order valence-corrected chi connectivity index (χ0v) is 36.2. The molecular weight excluding hydrogens is 805 g/mol. The fraction of sp³-hybridized carbons (Fsp3) is 0. The number of aromatic nitrogens is 1. The van der Waals surface area contributed by atoms with E-state index in [2.05, 4.69) is 252 Å². The van der Waals surface area contributed by atoms with Gasteiger partial charge in [0.15, 0.2) is 0 Å². The van der Waals surface area contributed by atoms with Gasteiger partial charge in [0.05, 0.1) is 22.4 Å². The van der Waals surface area contributed by atoms with E-state index >= 15 is 0 Å². The van der Waals surface area contributed by atoms with Gasteiger partial charge in [-0.3, -0.25) is 0 Å². The zero-order chi connectivity index (χ0) is 42.8. The van der Waals surface area contributed by atoms with Crippen LogP contribution in [0.3, 0.4) is 0 Å². The van der Waals surface area contributed by atoms with E-state index in [-0.39, 0.29) is 0 Å². The lowest BCUT2D eigenvalue weighted by molar-refractivity contribution is 1.18. The van der Waals surface area contributed by atoms with E-state index in [1.807, 2.05) is 11.3 Å². The number of para-hydroxylation sites is 2. The van der Waals surface area contributed by atoms with Gasteiger partial charge < -0.3 is 9.47 Å². The molecule has 2 heterocycles. The summed E-state index contributed by atoms with van der Waals surface area (Å²) in [5.74, 6) is 0. The normalized spacial score (nSPS) is 11.7. The van der Waals surface area contributed by atoms with E-state index in [9.17, 15) is 0 Å². The van der Waals surface area contributed by atoms with Gasteiger partial charge in [0.1, 0.15) is 0 Å². The third kappa shape index (κ3) is 6.16. The Kier molecular flexibility index (Phi) is 8.75. The standard InChI is InChI=1S/C62H40N2S/c1-2-18-48(19-3-1)63-55-24-10-8-21-53(55)60-56(63)25-13-26-57(60)64(49-36-34-43(35-37-49)42-28-30-44(31-29-42)47-33-32-41-14-4-5-16-46(41)40-47)58-39-38-52(51-23-12-17-45-15-6-7-20-50(45)51)62-61(58)54-22-9-11-27-59(54)65-62/h1-40H. The predicted molar refractivity (Wildman–Crippen MR) is 280 cm³/mol. The van der Waals surface area contributed by atoms with Crippen LogP contribution in [0.2, 0.25) is 0 Å². The van der Waals surface area contributed by atoms with E-state index in [0.717, 1.165) is 22.7 Å². The summed E-state index contributed by atoms with van der Waals surface area (Å²) in [5.41, 5.74) is 14.2. The molecule has 0 aliphatic carbocycles. The van der Waals surface area contributed by atoms with E-state index in [1.54, 1.807) is 0 Å². The Hall–Kier alpha value is -8.24. The number of benzene rings is 11. The smallest absolute Gasteiger partial charge is 0.0562 e. The molecule has 0 saturated carbocycles. The fourth-order valence-electron chi connectivity index (χ4n) is 10.1. The van der Waals surface area contributed by atoms with Crippen LogP contribution in [0.5, 0.6) is 0 Å². The lowest BCUT2D eigenvalue weighted by Gasteiger charge is -2.28. The third-order valence-electron chi connectivity index (χ3n) is 13.2. The highest BCUT2D eigenvalue weighted by molar-refractivity contribution is 7.26. The average molecular weight is 845 g/mol. The minimum absolute atomic E-state index is 1.10. The van der Waals surface area contributed by atoms with E-state index in [0.29, 0.717) is 0 Å². The molecule has 0 spiro atoms. The van der Waals surface area contributed by atoms with Crippen LogP contribution < -0.4 is 4.90 Å². The summed E-state index contributed by atoms with van der Waals surface area (Å²) in [5, 5.41) is 9.97. The molecule has 13 aromatic rings. The maximum Gasteiger partial charge on any atom is 0.0562 e. The quantitative estimate of drug-likeness (QED) is 0.155. The van der Waals surface area contributed by atoms with Gasteiger partial charge in [0.2, 0.25) is 0 Å². The molecule has 65 heavy (non-hydrogen) atoms. The fourth-order valence-corrected chi connectivity index (χ4v) is 11.4. The molecule has 304 valence electrons. The van der Waals surface area contributed by atoms with Crippen molar-refractivity contribution in [2.24, 2.45) is 0 Å². The molecule has 2 aromatic heterocycles. The lowest BCUT2D eigenvalue weighted by atomic mass is 9.95. The van der Waals surface area contributed by atoms with E-state index in [1.165, 1.54) is 96.9 Å². The Morgan fingerprint density at radius 1 is 0.338 bits per heavy atom. The topological polar surface area (TPSA) is 8.17 Å². The molecule has 0 aliphatic heterocycles. The van der Waals surface area contributed by atoms with Crippen LogP contribution in [0, 0.1) is 0 Å². The van der Waals surface area contributed by atoms with Crippen LogP contribution in [0.25, 0.3) is 103 Å². The van der Waals surface area contributed by atoms with Gasteiger partial charge in [-0.25, -0.2) is 0 Å². The summed E-state index contributed by atoms with van der Waals surface area (Å²) in [6.07, 6.45) is 0. The summed E-state index contributed by atoms with van der Waals surface area (Å²) >= 11 is 1.89. The number of fused-ring (bicyclic) bond motifs is 8. The van der Waals surface area contributed by atoms with Gasteiger partial charge in [0, 0.05) is 47.9 Å². The van der Waals surface area contributed by atoms with Crippen LogP contribution in [-0.4, -0.2) is 4.57 Å². The maximum atomic E-state index is 2.52. The van der Waals surface area contributed by atoms with Crippen molar-refractivity contribution in [2.45, 2.75) is 0 Å². The Balaban J connectivity index is 1.02. The molecule has 0 amide bonds. The number of nitrogens with zero attached hydrogens (tertiary/aromatic N) is 2. The Labute approximate surface area is 381 Å². The molecule has 0 bridgehead atoms. The Morgan fingerprint density at radius 3 is 1.74 bits per heavy atom. The van der Waals surface area contributed by atoms with Gasteiger partial charge >= 0.3 is 0 Å². The molecule has 2 nitrogen and oxygen atoms in total. The van der Waals surface area contributed by atoms with Crippen molar-refractivity contribution >= 4 is 91.9 Å². The summed E-state index contributed by atoms with van der Waals surface area (Å²) in [6.45, 7) is 0. The van der Waals surface area contributed by atoms with Crippen molar-refractivity contribution in [3.63, 3.8) is 0 Å². The second kappa shape index (κ2) is 15.2. The van der Waals surface area contributed by atoms with Gasteiger partial charge in [0.25, 0.3) is 0 Å². The van der Waals surface area contributed by atoms with Gasteiger partial charge in [-0.2, -0.15) is 0 Å². The number of rotatable bonds is 7. The number of hydrogen-bond acceptors (Lipinski definition) is 2. The highest BCUT2D eigenvalue weighted by atomic mass is 32.1. The second-order valence-corrected chi connectivity index (χ2v) is 17.9. The SMILES string of the molecule is c1ccc(-n2c3ccccc3c3c(N(c4ccc(-c5ccc(-c6ccc7ccccc7c6)cc5)cc4)c4ccc(-c5cccc6ccccc56)c5sc6ccccc6c45)cccc32)cc1. The first-order valence-electron chi connectivity index (χ1n) is 22.2. The van der Waals surface area contributed by atoms with Crippen molar-refractivity contribution in [1.82, 2.24) is 4.57 Å². The van der Waals surface area contributed by atoms with Crippen LogP contribution in [0.15, 0.2) is 243 Å². The minimum atomic E-state index is 1.10. The molecule has 0 unspecified atom stereocenters. The highest BCUT2D eigenvalue weighted by Gasteiger charge is 2.25. The van der Waals surface area contributed by atoms with Crippen LogP contribution in [-0.2, 0) is 0 Å². The number of hydrogen-bond donors (Lipinski definition) is 0. The highest BCUT2D eigenvalue weighted by Crippen LogP contribution is 2.51. The molecule has 0 N–H and O–H groups in total. The minimum Gasteiger partial charge on any atom is -0.309 e. The predicted octanol–water partition coefficient (Wildman–Crippen LogP) is 17.9. The molecule has 11 aromatic carbocycles. The summed E-state index contributed by atoms with van der Waals surface area (Å²) in [7, 11) is 0. The molecular formula is C62H40N2S. The zero-order valence-electron chi connectivity index (χ0n) is 35.4. The van der Waals surface area contributed by atoms with Crippen molar-refractivity contribution in [3.05, 3.63) is 243 Å². The van der Waals surface area contributed by atoms with E-state index in [4.69, 9.17) is 0 Å². The van der Waals surface area contributed by atoms with Gasteiger partial charge in [-0.05, 0) is 110 Å². The molecule has 0 aliphatic rings. The first kappa shape index (κ1) is 37.3. The average Bonchev–Trinajstić information content (AvgIpc) is 3.94. The molecule has 3 heteroatoms. The summed E-state index contributed by atoms with van der Waals surface area (Å²) in [4.78, 5) is 2.52. The first-order chi connectivity index (χ1) is 32.2. The largest absolute Gasteiger partial charge is 0.309 e. The Morgan fingerprint density at radius 2 is 0.923 bits per heavy atom. The van der Waals surface area contributed by atoms with E-state index < -0.39 is 0 Å². The first-order valence-corrected chi connectivity index (χ1v) is 23.1. The molecule has 0 atom stereocenters. The van der Waals surface area contributed by atoms with Gasteiger partial charge in [-0.1, -0.05) is 182 Å². The van der Waals surface area contributed by atoms with Crippen molar-refractivity contribution in [2.75, 3.05) is 4.90 Å². The number of thiophene rings is 1. The van der Waals surface area contributed by atoms with Crippen molar-refractivity contribution < 1.29 is 0 Å². The monoisotopic (exact) mass is 844 g/mol. The van der Waals surface area contributed by atoms with Crippen LogP contribution >= 0.6 is 11.3 Å². The Bertz CT molecular complexity index is 3930. The molecule has 0 fully saturated rings. The van der Waals surface area contributed by atoms with Gasteiger partial charge in [-0.15, -0.1) is 11.3 Å². The lowest BCUT2D eigenvalue weighted by Crippen LogP contribution is -2.11. The van der Waals surface area contributed by atoms with Crippen LogP contribution in [0.1, 0.15) is 0 Å². The summed E-state index contributed by atoms with van der Waals surface area (Å²) < 4.78 is 4.97. The molecule has 0 saturated heterocycles. The van der Waals surface area contributed by atoms with Crippen LogP contribution in [0.4, 0.5) is 17.1 Å². The summed E-state index contributed by atoms with van der Waals surface area (Å²) in [6, 6.07) is 89.0. The third-order valence-corrected chi connectivity index (χ3v) is 14.4. The molecule has 0 radical (unpaired) electrons. The van der Waals surface area contributed by atoms with Crippen molar-refractivity contribution in [3.8, 4) is 39.1 Å².